The first kappa shape index (κ1) is 16.6. The minimum Gasteiger partial charge on any atom is -0.494 e. The quantitative estimate of drug-likeness (QED) is 0.525. The molecule has 9 heteroatoms. The summed E-state index contributed by atoms with van der Waals surface area (Å²) in [5.41, 5.74) is 1.72. The number of thiazole rings is 1. The van der Waals surface area contributed by atoms with Crippen molar-refractivity contribution in [2.45, 2.75) is 0 Å². The number of hydrogen-bond acceptors (Lipinski definition) is 7. The monoisotopic (exact) mass is 400 g/mol. The van der Waals surface area contributed by atoms with Crippen LogP contribution in [-0.4, -0.2) is 52.6 Å². The first-order valence-electron chi connectivity index (χ1n) is 8.65. The average molecular weight is 401 g/mol. The molecule has 5 rings (SSSR count). The number of piperazine rings is 1. The van der Waals surface area contributed by atoms with Gasteiger partial charge in [0.25, 0.3) is 0 Å². The fraction of sp³-hybridized carbons (Fsp3) is 0.278. The van der Waals surface area contributed by atoms with Gasteiger partial charge in [0.15, 0.2) is 16.6 Å². The molecule has 1 aromatic carbocycles. The molecule has 0 spiro atoms. The molecule has 0 atom stereocenters. The van der Waals surface area contributed by atoms with Gasteiger partial charge in [-0.2, -0.15) is 0 Å². The molecule has 0 bridgehead atoms. The molecule has 0 saturated carbocycles. The fourth-order valence-electron chi connectivity index (χ4n) is 3.41. The molecular formula is C18H17ClN6OS. The Balaban J connectivity index is 1.40. The Morgan fingerprint density at radius 3 is 2.56 bits per heavy atom. The molecule has 3 aromatic heterocycles. The maximum atomic E-state index is 6.36. The van der Waals surface area contributed by atoms with E-state index in [0.29, 0.717) is 5.02 Å². The first-order valence-corrected chi connectivity index (χ1v) is 9.84. The van der Waals surface area contributed by atoms with Crippen molar-refractivity contribution in [3.05, 3.63) is 41.9 Å². The van der Waals surface area contributed by atoms with Gasteiger partial charge < -0.3 is 18.9 Å². The number of nitrogens with zero attached hydrogens (tertiary/aromatic N) is 6. The van der Waals surface area contributed by atoms with Crippen LogP contribution in [0.5, 0.6) is 5.75 Å². The summed E-state index contributed by atoms with van der Waals surface area (Å²) in [6, 6.07) is 3.72. The van der Waals surface area contributed by atoms with Crippen molar-refractivity contribution < 1.29 is 4.74 Å². The van der Waals surface area contributed by atoms with E-state index < -0.39 is 0 Å². The molecule has 1 saturated heterocycles. The maximum Gasteiger partial charge on any atom is 0.186 e. The fourth-order valence-corrected chi connectivity index (χ4v) is 4.72. The second-order valence-electron chi connectivity index (χ2n) is 6.31. The molecular weight excluding hydrogens is 384 g/mol. The van der Waals surface area contributed by atoms with E-state index in [2.05, 4.69) is 19.8 Å². The van der Waals surface area contributed by atoms with Gasteiger partial charge in [-0.1, -0.05) is 22.9 Å². The molecule has 138 valence electrons. The van der Waals surface area contributed by atoms with Crippen LogP contribution in [-0.2, 0) is 0 Å². The summed E-state index contributed by atoms with van der Waals surface area (Å²) in [6.45, 7) is 3.45. The minimum atomic E-state index is 0.711. The summed E-state index contributed by atoms with van der Waals surface area (Å²) in [5, 5.41) is 1.69. The van der Waals surface area contributed by atoms with Gasteiger partial charge in [-0.15, -0.1) is 0 Å². The van der Waals surface area contributed by atoms with E-state index in [0.717, 1.165) is 58.7 Å². The normalized spacial score (nSPS) is 15.0. The Morgan fingerprint density at radius 2 is 1.78 bits per heavy atom. The zero-order chi connectivity index (χ0) is 18.4. The molecule has 1 fully saturated rings. The average Bonchev–Trinajstić information content (AvgIpc) is 3.36. The Bertz CT molecular complexity index is 1120. The van der Waals surface area contributed by atoms with Crippen LogP contribution in [0.2, 0.25) is 5.02 Å². The lowest BCUT2D eigenvalue weighted by molar-refractivity contribution is 0.419. The van der Waals surface area contributed by atoms with Gasteiger partial charge in [-0.3, -0.25) is 0 Å². The summed E-state index contributed by atoms with van der Waals surface area (Å²) >= 11 is 7.97. The van der Waals surface area contributed by atoms with E-state index in [1.54, 1.807) is 24.6 Å². The van der Waals surface area contributed by atoms with Gasteiger partial charge in [0.1, 0.15) is 11.3 Å². The van der Waals surface area contributed by atoms with Gasteiger partial charge in [-0.25, -0.2) is 15.0 Å². The van der Waals surface area contributed by atoms with Crippen LogP contribution in [0.1, 0.15) is 0 Å². The Morgan fingerprint density at radius 1 is 1.04 bits per heavy atom. The molecule has 0 unspecified atom stereocenters. The Kier molecular flexibility index (Phi) is 4.02. The standard InChI is InChI=1S/C18H17ClN6OS/c1-26-13-3-2-12(19)15-14(13)22-18(27-15)25-10-8-24(9-11-25)17-16-20-4-6-23(16)7-5-21-17/h2-7H,8-11H2,1H3. The van der Waals surface area contributed by atoms with Crippen molar-refractivity contribution in [1.29, 1.82) is 0 Å². The van der Waals surface area contributed by atoms with Crippen molar-refractivity contribution in [3.8, 4) is 5.75 Å². The lowest BCUT2D eigenvalue weighted by atomic mass is 10.3. The van der Waals surface area contributed by atoms with E-state index in [4.69, 9.17) is 21.3 Å². The Labute approximate surface area is 164 Å². The molecule has 7 nitrogen and oxygen atoms in total. The van der Waals surface area contributed by atoms with Gasteiger partial charge in [-0.05, 0) is 12.1 Å². The number of benzene rings is 1. The number of fused-ring (bicyclic) bond motifs is 2. The number of aromatic nitrogens is 4. The first-order chi connectivity index (χ1) is 13.2. The summed E-state index contributed by atoms with van der Waals surface area (Å²) in [6.07, 6.45) is 7.47. The van der Waals surface area contributed by atoms with Crippen molar-refractivity contribution in [2.75, 3.05) is 43.1 Å². The summed E-state index contributed by atoms with van der Waals surface area (Å²) in [7, 11) is 1.66. The predicted molar refractivity (Wildman–Crippen MR) is 109 cm³/mol. The second-order valence-corrected chi connectivity index (χ2v) is 7.69. The summed E-state index contributed by atoms with van der Waals surface area (Å²) < 4.78 is 8.40. The van der Waals surface area contributed by atoms with Gasteiger partial charge in [0.2, 0.25) is 0 Å². The predicted octanol–water partition coefficient (Wildman–Crippen LogP) is 3.33. The molecule has 0 aliphatic carbocycles. The van der Waals surface area contributed by atoms with Gasteiger partial charge >= 0.3 is 0 Å². The third-order valence-electron chi connectivity index (χ3n) is 4.81. The number of methoxy groups -OCH3 is 1. The van der Waals surface area contributed by atoms with Gasteiger partial charge in [0.05, 0.1) is 16.8 Å². The number of rotatable bonds is 3. The van der Waals surface area contributed by atoms with E-state index >= 15 is 0 Å². The molecule has 0 N–H and O–H groups in total. The lowest BCUT2D eigenvalue weighted by Crippen LogP contribution is -2.47. The lowest BCUT2D eigenvalue weighted by Gasteiger charge is -2.35. The van der Waals surface area contributed by atoms with E-state index in [-0.39, 0.29) is 0 Å². The highest BCUT2D eigenvalue weighted by atomic mass is 35.5. The van der Waals surface area contributed by atoms with Gasteiger partial charge in [0, 0.05) is 51.0 Å². The summed E-state index contributed by atoms with van der Waals surface area (Å²) in [4.78, 5) is 18.3. The minimum absolute atomic E-state index is 0.711. The third kappa shape index (κ3) is 2.76. The molecule has 0 radical (unpaired) electrons. The highest BCUT2D eigenvalue weighted by molar-refractivity contribution is 7.22. The number of ether oxygens (including phenoxy) is 1. The molecule has 4 aromatic rings. The van der Waals surface area contributed by atoms with Crippen LogP contribution >= 0.6 is 22.9 Å². The SMILES string of the molecule is COc1ccc(Cl)c2sc(N3CCN(c4nccn5ccnc45)CC3)nc12. The maximum absolute atomic E-state index is 6.36. The smallest absolute Gasteiger partial charge is 0.186 e. The number of anilines is 2. The van der Waals surface area contributed by atoms with Crippen molar-refractivity contribution >= 4 is 49.8 Å². The van der Waals surface area contributed by atoms with Crippen LogP contribution < -0.4 is 14.5 Å². The van der Waals surface area contributed by atoms with Crippen molar-refractivity contribution in [2.24, 2.45) is 0 Å². The van der Waals surface area contributed by atoms with Crippen LogP contribution in [0.3, 0.4) is 0 Å². The topological polar surface area (TPSA) is 58.8 Å². The zero-order valence-electron chi connectivity index (χ0n) is 14.7. The molecule has 27 heavy (non-hydrogen) atoms. The molecule has 1 aliphatic heterocycles. The second kappa shape index (κ2) is 6.54. The third-order valence-corrected chi connectivity index (χ3v) is 6.39. The highest BCUT2D eigenvalue weighted by Crippen LogP contribution is 2.39. The van der Waals surface area contributed by atoms with Crippen molar-refractivity contribution in [1.82, 2.24) is 19.4 Å². The Hall–Kier alpha value is -2.58. The van der Waals surface area contributed by atoms with Crippen LogP contribution in [0.4, 0.5) is 10.9 Å². The van der Waals surface area contributed by atoms with E-state index in [9.17, 15) is 0 Å². The van der Waals surface area contributed by atoms with E-state index in [1.165, 1.54) is 0 Å². The number of hydrogen-bond donors (Lipinski definition) is 0. The summed E-state index contributed by atoms with van der Waals surface area (Å²) in [5.74, 6) is 1.68. The van der Waals surface area contributed by atoms with Crippen LogP contribution in [0, 0.1) is 0 Å². The molecule has 0 amide bonds. The van der Waals surface area contributed by atoms with Crippen molar-refractivity contribution in [3.63, 3.8) is 0 Å². The number of halogens is 1. The van der Waals surface area contributed by atoms with E-state index in [1.807, 2.05) is 35.1 Å². The zero-order valence-corrected chi connectivity index (χ0v) is 16.2. The largest absolute Gasteiger partial charge is 0.494 e. The molecule has 4 heterocycles. The van der Waals surface area contributed by atoms with Crippen LogP contribution in [0.15, 0.2) is 36.9 Å². The molecule has 1 aliphatic rings. The highest BCUT2D eigenvalue weighted by Gasteiger charge is 2.23. The number of imidazole rings is 1. The van der Waals surface area contributed by atoms with Crippen LogP contribution in [0.25, 0.3) is 15.9 Å².